The summed E-state index contributed by atoms with van der Waals surface area (Å²) in [6.07, 6.45) is 3.59. The van der Waals surface area contributed by atoms with Gasteiger partial charge in [-0.3, -0.25) is 0 Å². The van der Waals surface area contributed by atoms with E-state index in [1.165, 1.54) is 24.0 Å². The number of benzene rings is 1. The highest BCUT2D eigenvalue weighted by atomic mass is 15.1. The molecule has 0 amide bonds. The summed E-state index contributed by atoms with van der Waals surface area (Å²) in [6.45, 7) is 8.79. The Morgan fingerprint density at radius 2 is 1.79 bits per heavy atom. The zero-order valence-corrected chi connectivity index (χ0v) is 13.0. The molecule has 0 aliphatic rings. The molecule has 0 heterocycles. The van der Waals surface area contributed by atoms with Gasteiger partial charge in [0.2, 0.25) is 0 Å². The van der Waals surface area contributed by atoms with E-state index in [2.05, 4.69) is 57.0 Å². The van der Waals surface area contributed by atoms with Crippen LogP contribution in [0.5, 0.6) is 0 Å². The fourth-order valence-corrected chi connectivity index (χ4v) is 2.23. The number of likely N-dealkylation sites (N-methyl/N-ethyl adjacent to an activating group) is 1. The maximum absolute atomic E-state index is 6.28. The zero-order chi connectivity index (χ0) is 14.3. The van der Waals surface area contributed by atoms with Gasteiger partial charge in [-0.15, -0.1) is 0 Å². The standard InChI is InChI=1S/C17H30N2/c1-5-6-15-7-9-16(10-8-15)17(18)13-19(4)12-11-14(2)3/h7-10,14,17H,5-6,11-13,18H2,1-4H3. The van der Waals surface area contributed by atoms with Gasteiger partial charge in [-0.1, -0.05) is 51.5 Å². The van der Waals surface area contributed by atoms with E-state index >= 15 is 0 Å². The van der Waals surface area contributed by atoms with Gasteiger partial charge >= 0.3 is 0 Å². The van der Waals surface area contributed by atoms with Gasteiger partial charge in [0.25, 0.3) is 0 Å². The molecule has 1 unspecified atom stereocenters. The Kier molecular flexibility index (Phi) is 7.11. The second-order valence-electron chi connectivity index (χ2n) is 6.04. The van der Waals surface area contributed by atoms with Crippen molar-refractivity contribution in [3.8, 4) is 0 Å². The van der Waals surface area contributed by atoms with Crippen molar-refractivity contribution < 1.29 is 0 Å². The second kappa shape index (κ2) is 8.34. The quantitative estimate of drug-likeness (QED) is 0.775. The summed E-state index contributed by atoms with van der Waals surface area (Å²) < 4.78 is 0. The van der Waals surface area contributed by atoms with E-state index in [1.807, 2.05) is 0 Å². The Labute approximate surface area is 119 Å². The minimum absolute atomic E-state index is 0.118. The van der Waals surface area contributed by atoms with Gasteiger partial charge in [-0.2, -0.15) is 0 Å². The Balaban J connectivity index is 2.45. The van der Waals surface area contributed by atoms with Crippen molar-refractivity contribution in [2.45, 2.75) is 46.1 Å². The molecule has 0 spiro atoms. The molecule has 1 aromatic rings. The largest absolute Gasteiger partial charge is 0.323 e. The van der Waals surface area contributed by atoms with Gasteiger partial charge in [-0.05, 0) is 43.5 Å². The van der Waals surface area contributed by atoms with E-state index in [0.717, 1.165) is 25.4 Å². The highest BCUT2D eigenvalue weighted by Crippen LogP contribution is 2.14. The first-order valence-electron chi connectivity index (χ1n) is 7.55. The van der Waals surface area contributed by atoms with Crippen molar-refractivity contribution in [1.82, 2.24) is 4.90 Å². The molecule has 0 aliphatic heterocycles. The average molecular weight is 262 g/mol. The van der Waals surface area contributed by atoms with E-state index in [9.17, 15) is 0 Å². The summed E-state index contributed by atoms with van der Waals surface area (Å²) in [4.78, 5) is 2.34. The predicted molar refractivity (Wildman–Crippen MR) is 84.3 cm³/mol. The molecule has 0 aliphatic carbocycles. The van der Waals surface area contributed by atoms with E-state index in [0.29, 0.717) is 0 Å². The number of rotatable bonds is 8. The molecule has 19 heavy (non-hydrogen) atoms. The number of aryl methyl sites for hydroxylation is 1. The van der Waals surface area contributed by atoms with E-state index in [-0.39, 0.29) is 6.04 Å². The number of hydrogen-bond acceptors (Lipinski definition) is 2. The van der Waals surface area contributed by atoms with Crippen LogP contribution in [0.4, 0.5) is 0 Å². The molecule has 1 atom stereocenters. The Hall–Kier alpha value is -0.860. The Morgan fingerprint density at radius 1 is 1.16 bits per heavy atom. The highest BCUT2D eigenvalue weighted by molar-refractivity contribution is 5.25. The molecule has 0 saturated heterocycles. The first-order valence-corrected chi connectivity index (χ1v) is 7.55. The van der Waals surface area contributed by atoms with E-state index in [4.69, 9.17) is 5.73 Å². The topological polar surface area (TPSA) is 29.3 Å². The third-order valence-corrected chi connectivity index (χ3v) is 3.54. The van der Waals surface area contributed by atoms with Gasteiger partial charge in [0.05, 0.1) is 0 Å². The minimum atomic E-state index is 0.118. The third-order valence-electron chi connectivity index (χ3n) is 3.54. The molecule has 108 valence electrons. The summed E-state index contributed by atoms with van der Waals surface area (Å²) in [6, 6.07) is 8.92. The normalized spacial score (nSPS) is 13.2. The van der Waals surface area contributed by atoms with Gasteiger partial charge in [0.1, 0.15) is 0 Å². The average Bonchev–Trinajstić information content (AvgIpc) is 2.37. The van der Waals surface area contributed by atoms with Crippen LogP contribution in [0.1, 0.15) is 50.8 Å². The molecule has 2 N–H and O–H groups in total. The van der Waals surface area contributed by atoms with Crippen LogP contribution in [0.25, 0.3) is 0 Å². The summed E-state index contributed by atoms with van der Waals surface area (Å²) >= 11 is 0. The molecule has 1 aromatic carbocycles. The van der Waals surface area contributed by atoms with Crippen molar-refractivity contribution >= 4 is 0 Å². The second-order valence-corrected chi connectivity index (χ2v) is 6.04. The minimum Gasteiger partial charge on any atom is -0.323 e. The molecule has 2 heteroatoms. The molecule has 2 nitrogen and oxygen atoms in total. The molecule has 0 aromatic heterocycles. The summed E-state index contributed by atoms with van der Waals surface area (Å²) in [5, 5.41) is 0. The van der Waals surface area contributed by atoms with Crippen molar-refractivity contribution in [3.63, 3.8) is 0 Å². The Morgan fingerprint density at radius 3 is 2.32 bits per heavy atom. The molecule has 1 rings (SSSR count). The first-order chi connectivity index (χ1) is 9.02. The van der Waals surface area contributed by atoms with Gasteiger partial charge in [0, 0.05) is 12.6 Å². The van der Waals surface area contributed by atoms with Gasteiger partial charge < -0.3 is 10.6 Å². The van der Waals surface area contributed by atoms with Crippen molar-refractivity contribution in [1.29, 1.82) is 0 Å². The molecule has 0 bridgehead atoms. The summed E-state index contributed by atoms with van der Waals surface area (Å²) in [5.41, 5.74) is 8.94. The van der Waals surface area contributed by atoms with Crippen molar-refractivity contribution in [3.05, 3.63) is 35.4 Å². The summed E-state index contributed by atoms with van der Waals surface area (Å²) in [5.74, 6) is 0.756. The van der Waals surface area contributed by atoms with Gasteiger partial charge in [0.15, 0.2) is 0 Å². The lowest BCUT2D eigenvalue weighted by Gasteiger charge is -2.22. The van der Waals surface area contributed by atoms with Crippen LogP contribution in [0, 0.1) is 5.92 Å². The van der Waals surface area contributed by atoms with Crippen LogP contribution >= 0.6 is 0 Å². The first kappa shape index (κ1) is 16.2. The fourth-order valence-electron chi connectivity index (χ4n) is 2.23. The molecule has 0 saturated carbocycles. The number of hydrogen-bond donors (Lipinski definition) is 1. The van der Waals surface area contributed by atoms with E-state index < -0.39 is 0 Å². The lowest BCUT2D eigenvalue weighted by atomic mass is 10.0. The maximum Gasteiger partial charge on any atom is 0.0424 e. The zero-order valence-electron chi connectivity index (χ0n) is 13.0. The monoisotopic (exact) mass is 262 g/mol. The summed E-state index contributed by atoms with van der Waals surface area (Å²) in [7, 11) is 2.16. The molecular weight excluding hydrogens is 232 g/mol. The molecule has 0 radical (unpaired) electrons. The lowest BCUT2D eigenvalue weighted by molar-refractivity contribution is 0.293. The number of nitrogens with two attached hydrogens (primary N) is 1. The van der Waals surface area contributed by atoms with Gasteiger partial charge in [-0.25, -0.2) is 0 Å². The van der Waals surface area contributed by atoms with E-state index in [1.54, 1.807) is 0 Å². The Bertz CT molecular complexity index is 343. The van der Waals surface area contributed by atoms with Crippen LogP contribution in [-0.2, 0) is 6.42 Å². The van der Waals surface area contributed by atoms with Crippen LogP contribution in [0.15, 0.2) is 24.3 Å². The maximum atomic E-state index is 6.28. The van der Waals surface area contributed by atoms with Crippen molar-refractivity contribution in [2.24, 2.45) is 11.7 Å². The predicted octanol–water partition coefficient (Wildman–Crippen LogP) is 3.62. The fraction of sp³-hybridized carbons (Fsp3) is 0.647. The van der Waals surface area contributed by atoms with Crippen molar-refractivity contribution in [2.75, 3.05) is 20.1 Å². The lowest BCUT2D eigenvalue weighted by Crippen LogP contribution is -2.30. The van der Waals surface area contributed by atoms with Crippen LogP contribution in [0.2, 0.25) is 0 Å². The SMILES string of the molecule is CCCc1ccc(C(N)CN(C)CCC(C)C)cc1. The highest BCUT2D eigenvalue weighted by Gasteiger charge is 2.09. The molecule has 0 fully saturated rings. The van der Waals surface area contributed by atoms with Crippen LogP contribution < -0.4 is 5.73 Å². The molecular formula is C17H30N2. The third kappa shape index (κ3) is 6.22. The smallest absolute Gasteiger partial charge is 0.0424 e. The van der Waals surface area contributed by atoms with Crippen LogP contribution in [-0.4, -0.2) is 25.0 Å². The van der Waals surface area contributed by atoms with Crippen LogP contribution in [0.3, 0.4) is 0 Å². The number of nitrogens with zero attached hydrogens (tertiary/aromatic N) is 1.